The van der Waals surface area contributed by atoms with Gasteiger partial charge >= 0.3 is 12.4 Å². The highest BCUT2D eigenvalue weighted by molar-refractivity contribution is 7.89. The molecule has 0 bridgehead atoms. The zero-order valence-corrected chi connectivity index (χ0v) is 20.7. The van der Waals surface area contributed by atoms with E-state index >= 15 is 0 Å². The van der Waals surface area contributed by atoms with Crippen LogP contribution in [0.1, 0.15) is 23.6 Å². The molecule has 7 nitrogen and oxygen atoms in total. The predicted octanol–water partition coefficient (Wildman–Crippen LogP) is 5.65. The van der Waals surface area contributed by atoms with Gasteiger partial charge in [0.05, 0.1) is 28.0 Å². The molecule has 0 radical (unpaired) electrons. The molecule has 3 aromatic heterocycles. The lowest BCUT2D eigenvalue weighted by atomic mass is 10.1. The van der Waals surface area contributed by atoms with E-state index in [4.69, 9.17) is 0 Å². The summed E-state index contributed by atoms with van der Waals surface area (Å²) in [6, 6.07) is 5.78. The van der Waals surface area contributed by atoms with Crippen LogP contribution in [0.3, 0.4) is 0 Å². The first-order valence-electron chi connectivity index (χ1n) is 10.9. The number of pyridine rings is 2. The van der Waals surface area contributed by atoms with E-state index in [1.54, 1.807) is 0 Å². The van der Waals surface area contributed by atoms with E-state index in [0.29, 0.717) is 13.1 Å². The molecular formula is C24H16F7N5O2S. The minimum Gasteiger partial charge on any atom is -0.291 e. The van der Waals surface area contributed by atoms with E-state index in [2.05, 4.69) is 9.97 Å². The van der Waals surface area contributed by atoms with Crippen molar-refractivity contribution < 1.29 is 39.2 Å². The molecule has 0 fully saturated rings. The van der Waals surface area contributed by atoms with Gasteiger partial charge in [-0.05, 0) is 55.8 Å². The smallest absolute Gasteiger partial charge is 0.291 e. The Labute approximate surface area is 216 Å². The SMILES string of the molecule is Cc1cc2c(cc1F)c(C#N)c(-c1ccc(S(=O)(=O)NC(C)C(F)(F)F)cn1)n2-c1ccc(C(F)(F)F)cn1. The number of nitrogens with one attached hydrogen (secondary N) is 1. The van der Waals surface area contributed by atoms with Crippen LogP contribution in [0.4, 0.5) is 30.7 Å². The lowest BCUT2D eigenvalue weighted by molar-refractivity contribution is -0.147. The average molecular weight is 571 g/mol. The van der Waals surface area contributed by atoms with Crippen molar-refractivity contribution in [1.29, 1.82) is 5.26 Å². The maximum Gasteiger partial charge on any atom is 0.417 e. The van der Waals surface area contributed by atoms with Crippen LogP contribution in [0, 0.1) is 24.1 Å². The van der Waals surface area contributed by atoms with Gasteiger partial charge in [0.1, 0.15) is 28.6 Å². The number of rotatable bonds is 5. The number of aromatic nitrogens is 3. The molecule has 4 rings (SSSR count). The molecule has 0 saturated heterocycles. The van der Waals surface area contributed by atoms with Crippen LogP contribution in [0.15, 0.2) is 53.7 Å². The number of benzene rings is 1. The molecule has 0 amide bonds. The lowest BCUT2D eigenvalue weighted by Gasteiger charge is -2.17. The molecule has 204 valence electrons. The summed E-state index contributed by atoms with van der Waals surface area (Å²) in [5, 5.41) is 9.99. The monoisotopic (exact) mass is 571 g/mol. The maximum atomic E-state index is 14.4. The summed E-state index contributed by atoms with van der Waals surface area (Å²) in [6.45, 7) is 2.06. The Balaban J connectivity index is 1.91. The van der Waals surface area contributed by atoms with Crippen LogP contribution in [0.25, 0.3) is 28.1 Å². The summed E-state index contributed by atoms with van der Waals surface area (Å²) in [6.07, 6.45) is -8.18. The number of fused-ring (bicyclic) bond motifs is 1. The van der Waals surface area contributed by atoms with Crippen molar-refractivity contribution in [3.8, 4) is 23.3 Å². The molecule has 39 heavy (non-hydrogen) atoms. The largest absolute Gasteiger partial charge is 0.417 e. The molecule has 1 N–H and O–H groups in total. The first-order valence-corrected chi connectivity index (χ1v) is 12.4. The standard InChI is InChI=1S/C24H16F7N5O2S/c1-12-7-20-16(8-18(12)25)17(9-32)22(36(20)21-6-3-14(10-34-21)24(29,30)31)19-5-4-15(11-33-19)39(37,38)35-13(2)23(26,27)28/h3-8,10-11,13,35H,1-2H3. The summed E-state index contributed by atoms with van der Waals surface area (Å²) in [4.78, 5) is 7.25. The second kappa shape index (κ2) is 9.62. The van der Waals surface area contributed by atoms with Gasteiger partial charge in [0.25, 0.3) is 0 Å². The Morgan fingerprint density at radius 3 is 2.23 bits per heavy atom. The van der Waals surface area contributed by atoms with Gasteiger partial charge in [-0.1, -0.05) is 0 Å². The fourth-order valence-electron chi connectivity index (χ4n) is 3.74. The van der Waals surface area contributed by atoms with Gasteiger partial charge in [-0.2, -0.15) is 36.3 Å². The number of nitrogens with zero attached hydrogens (tertiary/aromatic N) is 4. The number of sulfonamides is 1. The first-order chi connectivity index (χ1) is 18.0. The molecule has 15 heteroatoms. The van der Waals surface area contributed by atoms with Gasteiger partial charge in [-0.25, -0.2) is 17.8 Å². The van der Waals surface area contributed by atoms with Gasteiger partial charge in [-0.3, -0.25) is 9.55 Å². The molecule has 0 aliphatic heterocycles. The van der Waals surface area contributed by atoms with Crippen molar-refractivity contribution in [2.45, 2.75) is 37.1 Å². The van der Waals surface area contributed by atoms with Gasteiger partial charge in [-0.15, -0.1) is 0 Å². The Morgan fingerprint density at radius 1 is 1.03 bits per heavy atom. The van der Waals surface area contributed by atoms with E-state index in [9.17, 15) is 44.4 Å². The van der Waals surface area contributed by atoms with Crippen LogP contribution in [-0.2, 0) is 16.2 Å². The predicted molar refractivity (Wildman–Crippen MR) is 125 cm³/mol. The summed E-state index contributed by atoms with van der Waals surface area (Å²) < 4.78 is 120. The second-order valence-corrected chi connectivity index (χ2v) is 10.2. The molecule has 3 heterocycles. The highest BCUT2D eigenvalue weighted by atomic mass is 32.2. The van der Waals surface area contributed by atoms with Crippen molar-refractivity contribution in [2.75, 3.05) is 0 Å². The fourth-order valence-corrected chi connectivity index (χ4v) is 4.91. The zero-order chi connectivity index (χ0) is 28.9. The quantitative estimate of drug-likeness (QED) is 0.312. The maximum absolute atomic E-state index is 14.4. The van der Waals surface area contributed by atoms with Gasteiger partial charge in [0, 0.05) is 17.8 Å². The Hall–Kier alpha value is -4.03. The summed E-state index contributed by atoms with van der Waals surface area (Å²) >= 11 is 0. The third-order valence-electron chi connectivity index (χ3n) is 5.78. The molecular weight excluding hydrogens is 555 g/mol. The Kier molecular flexibility index (Phi) is 6.90. The molecule has 1 atom stereocenters. The molecule has 0 saturated carbocycles. The molecule has 4 aromatic rings. The van der Waals surface area contributed by atoms with Crippen LogP contribution in [-0.4, -0.2) is 35.2 Å². The number of nitriles is 1. The van der Waals surface area contributed by atoms with E-state index < -0.39 is 44.7 Å². The van der Waals surface area contributed by atoms with Crippen LogP contribution >= 0.6 is 0 Å². The number of halogens is 7. The third-order valence-corrected chi connectivity index (χ3v) is 7.30. The normalized spacial score (nSPS) is 13.4. The molecule has 1 aromatic carbocycles. The van der Waals surface area contributed by atoms with E-state index in [-0.39, 0.29) is 39.2 Å². The summed E-state index contributed by atoms with van der Waals surface area (Å²) in [5.41, 5.74) is -0.955. The Bertz CT molecular complexity index is 1700. The topological polar surface area (TPSA) is 101 Å². The van der Waals surface area contributed by atoms with Crippen molar-refractivity contribution in [3.05, 3.63) is 71.3 Å². The van der Waals surface area contributed by atoms with Gasteiger partial charge in [0.15, 0.2) is 0 Å². The number of hydrogen-bond donors (Lipinski definition) is 1. The molecule has 0 aliphatic carbocycles. The molecule has 0 aliphatic rings. The van der Waals surface area contributed by atoms with Crippen molar-refractivity contribution in [1.82, 2.24) is 19.3 Å². The summed E-state index contributed by atoms with van der Waals surface area (Å²) in [7, 11) is -4.65. The third kappa shape index (κ3) is 5.30. The number of aryl methyl sites for hydroxylation is 1. The highest BCUT2D eigenvalue weighted by Crippen LogP contribution is 2.37. The minimum atomic E-state index is -4.84. The second-order valence-electron chi connectivity index (χ2n) is 8.46. The minimum absolute atomic E-state index is 0.0506. The molecule has 0 spiro atoms. The van der Waals surface area contributed by atoms with Crippen LogP contribution in [0.2, 0.25) is 0 Å². The van der Waals surface area contributed by atoms with Crippen molar-refractivity contribution in [3.63, 3.8) is 0 Å². The van der Waals surface area contributed by atoms with E-state index in [1.165, 1.54) is 22.3 Å². The van der Waals surface area contributed by atoms with Gasteiger partial charge < -0.3 is 0 Å². The highest BCUT2D eigenvalue weighted by Gasteiger charge is 2.39. The van der Waals surface area contributed by atoms with Crippen LogP contribution in [0.5, 0.6) is 0 Å². The van der Waals surface area contributed by atoms with Gasteiger partial charge in [0.2, 0.25) is 10.0 Å². The number of hydrogen-bond acceptors (Lipinski definition) is 5. The fraction of sp³-hybridized carbons (Fsp3) is 0.208. The van der Waals surface area contributed by atoms with Crippen molar-refractivity contribution >= 4 is 20.9 Å². The van der Waals surface area contributed by atoms with E-state index in [1.807, 2.05) is 6.07 Å². The average Bonchev–Trinajstić information content (AvgIpc) is 3.16. The van der Waals surface area contributed by atoms with Crippen molar-refractivity contribution in [2.24, 2.45) is 0 Å². The Morgan fingerprint density at radius 2 is 1.72 bits per heavy atom. The summed E-state index contributed by atoms with van der Waals surface area (Å²) in [5.74, 6) is -0.753. The molecule has 1 unspecified atom stereocenters. The first kappa shape index (κ1) is 28.0. The van der Waals surface area contributed by atoms with Crippen LogP contribution < -0.4 is 4.72 Å². The number of alkyl halides is 6. The lowest BCUT2D eigenvalue weighted by Crippen LogP contribution is -2.42. The zero-order valence-electron chi connectivity index (χ0n) is 19.9. The van der Waals surface area contributed by atoms with E-state index in [0.717, 1.165) is 36.5 Å².